The normalized spacial score (nSPS) is 12.5. The first-order valence-corrected chi connectivity index (χ1v) is 9.32. The maximum Gasteiger partial charge on any atom is 0.248 e. The van der Waals surface area contributed by atoms with Crippen molar-refractivity contribution in [2.24, 2.45) is 0 Å². The molecule has 1 N–H and O–H groups in total. The second-order valence-corrected chi connectivity index (χ2v) is 6.86. The van der Waals surface area contributed by atoms with Gasteiger partial charge < -0.3 is 9.72 Å². The van der Waals surface area contributed by atoms with Gasteiger partial charge >= 0.3 is 0 Å². The van der Waals surface area contributed by atoms with Crippen LogP contribution in [0.15, 0.2) is 59.4 Å². The Morgan fingerprint density at radius 3 is 2.59 bits per heavy atom. The van der Waals surface area contributed by atoms with Crippen molar-refractivity contribution in [3.8, 4) is 11.8 Å². The standard InChI is InChI=1S/C23H24N2O2/c1-4-23(5-2,15-24)19-7-6-8-20(14-19)27-16(3)17-9-11-21-18(13-17)10-12-22(26)25-21/h6-14,16H,4-5H2,1-3H3,(H,25,26). The molecule has 0 fully saturated rings. The minimum absolute atomic E-state index is 0.107. The number of nitrogens with one attached hydrogen (secondary N) is 1. The summed E-state index contributed by atoms with van der Waals surface area (Å²) < 4.78 is 6.16. The number of fused-ring (bicyclic) bond motifs is 1. The van der Waals surface area contributed by atoms with E-state index in [9.17, 15) is 10.1 Å². The number of H-pyrrole nitrogens is 1. The number of hydrogen-bond donors (Lipinski definition) is 1. The van der Waals surface area contributed by atoms with Crippen LogP contribution in [0.25, 0.3) is 10.9 Å². The molecule has 0 saturated carbocycles. The molecule has 3 aromatic rings. The monoisotopic (exact) mass is 360 g/mol. The van der Waals surface area contributed by atoms with Crippen molar-refractivity contribution in [3.63, 3.8) is 0 Å². The van der Waals surface area contributed by atoms with Crippen LogP contribution >= 0.6 is 0 Å². The molecule has 0 radical (unpaired) electrons. The third kappa shape index (κ3) is 3.73. The molecular formula is C23H24N2O2. The number of benzene rings is 2. The van der Waals surface area contributed by atoms with E-state index in [-0.39, 0.29) is 11.7 Å². The molecule has 2 aromatic carbocycles. The van der Waals surface area contributed by atoms with Gasteiger partial charge in [0.25, 0.3) is 0 Å². The van der Waals surface area contributed by atoms with E-state index in [2.05, 4.69) is 11.1 Å². The predicted molar refractivity (Wildman–Crippen MR) is 108 cm³/mol. The number of pyridine rings is 1. The molecule has 0 aliphatic heterocycles. The van der Waals surface area contributed by atoms with Crippen LogP contribution in [-0.2, 0) is 5.41 Å². The number of aromatic nitrogens is 1. The zero-order chi connectivity index (χ0) is 19.4. The zero-order valence-electron chi connectivity index (χ0n) is 16.0. The minimum Gasteiger partial charge on any atom is -0.486 e. The van der Waals surface area contributed by atoms with Crippen LogP contribution in [0.5, 0.6) is 5.75 Å². The SMILES string of the molecule is CCC(C#N)(CC)c1cccc(OC(C)c2ccc3[nH]c(=O)ccc3c2)c1. The van der Waals surface area contributed by atoms with E-state index in [4.69, 9.17) is 4.74 Å². The van der Waals surface area contributed by atoms with Crippen LogP contribution in [0.1, 0.15) is 50.8 Å². The van der Waals surface area contributed by atoms with Gasteiger partial charge in [-0.05, 0) is 66.6 Å². The molecule has 1 aromatic heterocycles. The first-order chi connectivity index (χ1) is 13.0. The summed E-state index contributed by atoms with van der Waals surface area (Å²) in [4.78, 5) is 14.2. The molecule has 27 heavy (non-hydrogen) atoms. The summed E-state index contributed by atoms with van der Waals surface area (Å²) >= 11 is 0. The Labute approximate surface area is 159 Å². The van der Waals surface area contributed by atoms with Gasteiger partial charge in [0.15, 0.2) is 0 Å². The number of ether oxygens (including phenoxy) is 1. The van der Waals surface area contributed by atoms with E-state index in [0.717, 1.165) is 40.6 Å². The number of hydrogen-bond acceptors (Lipinski definition) is 3. The molecule has 0 aliphatic carbocycles. The molecule has 1 unspecified atom stereocenters. The lowest BCUT2D eigenvalue weighted by Gasteiger charge is -2.25. The van der Waals surface area contributed by atoms with Gasteiger partial charge in [0.05, 0.1) is 11.5 Å². The van der Waals surface area contributed by atoms with Crippen molar-refractivity contribution in [2.75, 3.05) is 0 Å². The first kappa shape index (κ1) is 18.7. The van der Waals surface area contributed by atoms with E-state index in [1.54, 1.807) is 0 Å². The summed E-state index contributed by atoms with van der Waals surface area (Å²) in [5, 5.41) is 10.7. The Kier molecular flexibility index (Phi) is 5.32. The first-order valence-electron chi connectivity index (χ1n) is 9.32. The third-order valence-corrected chi connectivity index (χ3v) is 5.34. The molecule has 1 atom stereocenters. The predicted octanol–water partition coefficient (Wildman–Crippen LogP) is 5.25. The summed E-state index contributed by atoms with van der Waals surface area (Å²) in [5.41, 5.74) is 2.25. The quantitative estimate of drug-likeness (QED) is 0.653. The lowest BCUT2D eigenvalue weighted by atomic mass is 9.77. The minimum atomic E-state index is -0.475. The molecule has 1 heterocycles. The van der Waals surface area contributed by atoms with E-state index >= 15 is 0 Å². The van der Waals surface area contributed by atoms with Gasteiger partial charge in [-0.3, -0.25) is 4.79 Å². The Bertz CT molecular complexity index is 1040. The van der Waals surface area contributed by atoms with Crippen LogP contribution in [0, 0.1) is 11.3 Å². The smallest absolute Gasteiger partial charge is 0.248 e. The third-order valence-electron chi connectivity index (χ3n) is 5.34. The van der Waals surface area contributed by atoms with Crippen molar-refractivity contribution in [3.05, 3.63) is 76.1 Å². The van der Waals surface area contributed by atoms with Gasteiger partial charge in [-0.2, -0.15) is 5.26 Å². The van der Waals surface area contributed by atoms with Gasteiger partial charge in [0.1, 0.15) is 11.9 Å². The summed E-state index contributed by atoms with van der Waals surface area (Å²) in [7, 11) is 0. The van der Waals surface area contributed by atoms with E-state index in [1.165, 1.54) is 6.07 Å². The summed E-state index contributed by atoms with van der Waals surface area (Å²) in [6, 6.07) is 19.6. The van der Waals surface area contributed by atoms with Crippen molar-refractivity contribution in [1.29, 1.82) is 5.26 Å². The average molecular weight is 360 g/mol. The summed E-state index contributed by atoms with van der Waals surface area (Å²) in [5.74, 6) is 0.753. The number of nitriles is 1. The van der Waals surface area contributed by atoms with Gasteiger partial charge in [0.2, 0.25) is 5.56 Å². The van der Waals surface area contributed by atoms with Crippen LogP contribution in [-0.4, -0.2) is 4.98 Å². The fraction of sp³-hybridized carbons (Fsp3) is 0.304. The van der Waals surface area contributed by atoms with Gasteiger partial charge in [-0.15, -0.1) is 0 Å². The van der Waals surface area contributed by atoms with Crippen molar-refractivity contribution < 1.29 is 4.74 Å². The second-order valence-electron chi connectivity index (χ2n) is 6.86. The highest BCUT2D eigenvalue weighted by molar-refractivity contribution is 5.79. The molecule has 0 spiro atoms. The number of rotatable bonds is 6. The summed E-state index contributed by atoms with van der Waals surface area (Å²) in [6.07, 6.45) is 1.38. The van der Waals surface area contributed by atoms with Gasteiger partial charge in [0, 0.05) is 11.6 Å². The van der Waals surface area contributed by atoms with E-state index in [0.29, 0.717) is 0 Å². The van der Waals surface area contributed by atoms with Crippen LogP contribution in [0.2, 0.25) is 0 Å². The molecule has 0 amide bonds. The average Bonchev–Trinajstić information content (AvgIpc) is 2.69. The second kappa shape index (κ2) is 7.67. The fourth-order valence-electron chi connectivity index (χ4n) is 3.45. The van der Waals surface area contributed by atoms with E-state index < -0.39 is 5.41 Å². The highest BCUT2D eigenvalue weighted by Gasteiger charge is 2.28. The van der Waals surface area contributed by atoms with Crippen LogP contribution in [0.3, 0.4) is 0 Å². The Morgan fingerprint density at radius 2 is 1.89 bits per heavy atom. The highest BCUT2D eigenvalue weighted by atomic mass is 16.5. The molecule has 0 saturated heterocycles. The zero-order valence-corrected chi connectivity index (χ0v) is 16.0. The Hall–Kier alpha value is -3.06. The molecule has 4 nitrogen and oxygen atoms in total. The lowest BCUT2D eigenvalue weighted by molar-refractivity contribution is 0.226. The molecule has 138 valence electrons. The summed E-state index contributed by atoms with van der Waals surface area (Å²) in [6.45, 7) is 6.08. The molecule has 4 heteroatoms. The molecule has 0 aliphatic rings. The number of nitrogens with zero attached hydrogens (tertiary/aromatic N) is 1. The van der Waals surface area contributed by atoms with Crippen molar-refractivity contribution in [2.45, 2.75) is 45.1 Å². The molecular weight excluding hydrogens is 336 g/mol. The van der Waals surface area contributed by atoms with Crippen LogP contribution in [0.4, 0.5) is 0 Å². The Balaban J connectivity index is 1.87. The van der Waals surface area contributed by atoms with Gasteiger partial charge in [-0.25, -0.2) is 0 Å². The van der Waals surface area contributed by atoms with E-state index in [1.807, 2.05) is 69.3 Å². The van der Waals surface area contributed by atoms with Crippen molar-refractivity contribution >= 4 is 10.9 Å². The maximum atomic E-state index is 11.4. The molecule has 0 bridgehead atoms. The maximum absolute atomic E-state index is 11.4. The largest absolute Gasteiger partial charge is 0.486 e. The Morgan fingerprint density at radius 1 is 1.11 bits per heavy atom. The van der Waals surface area contributed by atoms with Gasteiger partial charge in [-0.1, -0.05) is 32.0 Å². The molecule has 3 rings (SSSR count). The topological polar surface area (TPSA) is 65.9 Å². The number of aromatic amines is 1. The lowest BCUT2D eigenvalue weighted by Crippen LogP contribution is -2.21. The fourth-order valence-corrected chi connectivity index (χ4v) is 3.45. The highest BCUT2D eigenvalue weighted by Crippen LogP contribution is 2.34. The van der Waals surface area contributed by atoms with Crippen LogP contribution < -0.4 is 10.3 Å². The van der Waals surface area contributed by atoms with Crippen molar-refractivity contribution in [1.82, 2.24) is 4.98 Å².